The lowest BCUT2D eigenvalue weighted by molar-refractivity contribution is 0.336. The van der Waals surface area contributed by atoms with Gasteiger partial charge in [0.2, 0.25) is 0 Å². The van der Waals surface area contributed by atoms with Crippen molar-refractivity contribution < 1.29 is 4.74 Å². The highest BCUT2D eigenvalue weighted by molar-refractivity contribution is 14.0. The largest absolute Gasteiger partial charge is 0.493 e. The van der Waals surface area contributed by atoms with Crippen LogP contribution in [0.15, 0.2) is 23.2 Å². The molecule has 1 aromatic carbocycles. The van der Waals surface area contributed by atoms with Crippen molar-refractivity contribution in [3.05, 3.63) is 28.8 Å². The van der Waals surface area contributed by atoms with Gasteiger partial charge in [0, 0.05) is 16.6 Å². The molecule has 2 rings (SSSR count). The molecule has 0 atom stereocenters. The molecule has 1 aromatic rings. The Morgan fingerprint density at radius 1 is 1.36 bits per heavy atom. The third-order valence-corrected chi connectivity index (χ3v) is 3.94. The second-order valence-corrected chi connectivity index (χ2v) is 5.80. The number of guanidine groups is 1. The predicted molar refractivity (Wildman–Crippen MR) is 103 cm³/mol. The van der Waals surface area contributed by atoms with Crippen LogP contribution >= 0.6 is 35.6 Å². The molecule has 1 aliphatic carbocycles. The minimum atomic E-state index is 0. The molecule has 1 saturated carbocycles. The van der Waals surface area contributed by atoms with Gasteiger partial charge in [-0.15, -0.1) is 24.0 Å². The average Bonchev–Trinajstić information content (AvgIpc) is 2.48. The first-order valence-electron chi connectivity index (χ1n) is 7.66. The SMILES string of the molecule is CCOc1cc(Cl)ccc1CN=C(N)NC1CCCCC1.I. The summed E-state index contributed by atoms with van der Waals surface area (Å²) in [6.45, 7) is 3.05. The standard InChI is InChI=1S/C16H24ClN3O.HI/c1-2-21-15-10-13(17)9-8-12(15)11-19-16(18)20-14-6-4-3-5-7-14;/h8-10,14H,2-7,11H2,1H3,(H3,18,19,20);1H. The summed E-state index contributed by atoms with van der Waals surface area (Å²) < 4.78 is 5.59. The number of nitrogens with zero attached hydrogens (tertiary/aromatic N) is 1. The number of hydrogen-bond donors (Lipinski definition) is 2. The Labute approximate surface area is 154 Å². The first-order chi connectivity index (χ1) is 10.2. The van der Waals surface area contributed by atoms with Crippen molar-refractivity contribution >= 4 is 41.5 Å². The summed E-state index contributed by atoms with van der Waals surface area (Å²) in [5.74, 6) is 1.29. The van der Waals surface area contributed by atoms with Crippen molar-refractivity contribution in [1.29, 1.82) is 0 Å². The maximum absolute atomic E-state index is 5.99. The summed E-state index contributed by atoms with van der Waals surface area (Å²) >= 11 is 5.99. The van der Waals surface area contributed by atoms with E-state index in [0.717, 1.165) is 11.3 Å². The van der Waals surface area contributed by atoms with Gasteiger partial charge in [-0.3, -0.25) is 0 Å². The number of benzene rings is 1. The zero-order valence-electron chi connectivity index (χ0n) is 13.0. The normalized spacial score (nSPS) is 16.0. The molecule has 124 valence electrons. The maximum atomic E-state index is 5.99. The minimum absolute atomic E-state index is 0. The minimum Gasteiger partial charge on any atom is -0.493 e. The van der Waals surface area contributed by atoms with Crippen LogP contribution < -0.4 is 15.8 Å². The van der Waals surface area contributed by atoms with Gasteiger partial charge >= 0.3 is 0 Å². The van der Waals surface area contributed by atoms with E-state index in [9.17, 15) is 0 Å². The summed E-state index contributed by atoms with van der Waals surface area (Å²) in [4.78, 5) is 4.42. The lowest BCUT2D eigenvalue weighted by Gasteiger charge is -2.23. The van der Waals surface area contributed by atoms with E-state index in [1.165, 1.54) is 32.1 Å². The van der Waals surface area contributed by atoms with Gasteiger partial charge < -0.3 is 15.8 Å². The fraction of sp³-hybridized carbons (Fsp3) is 0.562. The monoisotopic (exact) mass is 437 g/mol. The topological polar surface area (TPSA) is 59.6 Å². The van der Waals surface area contributed by atoms with Crippen LogP contribution in [0.25, 0.3) is 0 Å². The number of aliphatic imine (C=N–C) groups is 1. The van der Waals surface area contributed by atoms with Crippen LogP contribution in [0.5, 0.6) is 5.75 Å². The van der Waals surface area contributed by atoms with Crippen molar-refractivity contribution in [2.45, 2.75) is 51.6 Å². The van der Waals surface area contributed by atoms with Gasteiger partial charge in [0.1, 0.15) is 5.75 Å². The highest BCUT2D eigenvalue weighted by Gasteiger charge is 2.13. The van der Waals surface area contributed by atoms with Crippen LogP contribution in [-0.4, -0.2) is 18.6 Å². The Morgan fingerprint density at radius 3 is 2.77 bits per heavy atom. The van der Waals surface area contributed by atoms with E-state index in [-0.39, 0.29) is 24.0 Å². The molecule has 22 heavy (non-hydrogen) atoms. The Hall–Kier alpha value is -0.690. The fourth-order valence-electron chi connectivity index (χ4n) is 2.62. The molecular formula is C16H25ClIN3O. The molecule has 1 aliphatic rings. The third kappa shape index (κ3) is 6.20. The number of nitrogens with two attached hydrogens (primary N) is 1. The summed E-state index contributed by atoms with van der Waals surface area (Å²) in [5, 5.41) is 3.98. The molecule has 4 nitrogen and oxygen atoms in total. The average molecular weight is 438 g/mol. The van der Waals surface area contributed by atoms with Gasteiger partial charge in [0.25, 0.3) is 0 Å². The predicted octanol–water partition coefficient (Wildman–Crippen LogP) is 4.09. The van der Waals surface area contributed by atoms with Crippen LogP contribution in [0, 0.1) is 0 Å². The lowest BCUT2D eigenvalue weighted by atomic mass is 9.96. The quantitative estimate of drug-likeness (QED) is 0.414. The van der Waals surface area contributed by atoms with Gasteiger partial charge in [-0.1, -0.05) is 36.9 Å². The van der Waals surface area contributed by atoms with Crippen molar-refractivity contribution in [3.63, 3.8) is 0 Å². The van der Waals surface area contributed by atoms with E-state index in [1.54, 1.807) is 0 Å². The fourth-order valence-corrected chi connectivity index (χ4v) is 2.78. The first kappa shape index (κ1) is 19.4. The molecule has 0 radical (unpaired) electrons. The van der Waals surface area contributed by atoms with Gasteiger partial charge in [0.15, 0.2) is 5.96 Å². The molecule has 6 heteroatoms. The van der Waals surface area contributed by atoms with Crippen molar-refractivity contribution in [2.75, 3.05) is 6.61 Å². The summed E-state index contributed by atoms with van der Waals surface area (Å²) in [6.07, 6.45) is 6.24. The van der Waals surface area contributed by atoms with Crippen LogP contribution in [0.1, 0.15) is 44.6 Å². The maximum Gasteiger partial charge on any atom is 0.189 e. The molecule has 0 amide bonds. The summed E-state index contributed by atoms with van der Waals surface area (Å²) in [6, 6.07) is 6.07. The van der Waals surface area contributed by atoms with E-state index >= 15 is 0 Å². The number of hydrogen-bond acceptors (Lipinski definition) is 2. The second-order valence-electron chi connectivity index (χ2n) is 5.37. The summed E-state index contributed by atoms with van der Waals surface area (Å²) in [7, 11) is 0. The van der Waals surface area contributed by atoms with Crippen LogP contribution in [-0.2, 0) is 6.54 Å². The molecular weight excluding hydrogens is 413 g/mol. The number of halogens is 2. The number of rotatable bonds is 5. The third-order valence-electron chi connectivity index (χ3n) is 3.71. The van der Waals surface area contributed by atoms with Crippen molar-refractivity contribution in [2.24, 2.45) is 10.7 Å². The molecule has 0 spiro atoms. The smallest absolute Gasteiger partial charge is 0.189 e. The Balaban J connectivity index is 0.00000242. The zero-order valence-corrected chi connectivity index (χ0v) is 16.1. The second kappa shape index (κ2) is 10.2. The highest BCUT2D eigenvalue weighted by atomic mass is 127. The van der Waals surface area contributed by atoms with E-state index in [2.05, 4.69) is 10.3 Å². The Morgan fingerprint density at radius 2 is 2.09 bits per heavy atom. The number of ether oxygens (including phenoxy) is 1. The molecule has 3 N–H and O–H groups in total. The van der Waals surface area contributed by atoms with Crippen LogP contribution in [0.4, 0.5) is 0 Å². The molecule has 0 unspecified atom stereocenters. The molecule has 0 bridgehead atoms. The van der Waals surface area contributed by atoms with E-state index in [1.807, 2.05) is 25.1 Å². The molecule has 0 saturated heterocycles. The van der Waals surface area contributed by atoms with Crippen molar-refractivity contribution in [1.82, 2.24) is 5.32 Å². The van der Waals surface area contributed by atoms with E-state index in [0.29, 0.717) is 30.2 Å². The molecule has 0 heterocycles. The Kier molecular flexibility index (Phi) is 8.93. The van der Waals surface area contributed by atoms with E-state index < -0.39 is 0 Å². The first-order valence-corrected chi connectivity index (χ1v) is 8.04. The van der Waals surface area contributed by atoms with Crippen LogP contribution in [0.2, 0.25) is 5.02 Å². The molecule has 1 fully saturated rings. The highest BCUT2D eigenvalue weighted by Crippen LogP contribution is 2.24. The lowest BCUT2D eigenvalue weighted by Crippen LogP contribution is -2.41. The van der Waals surface area contributed by atoms with E-state index in [4.69, 9.17) is 22.1 Å². The zero-order chi connectivity index (χ0) is 15.1. The Bertz CT molecular complexity index is 490. The van der Waals surface area contributed by atoms with Gasteiger partial charge in [-0.25, -0.2) is 4.99 Å². The van der Waals surface area contributed by atoms with Gasteiger partial charge in [0.05, 0.1) is 13.2 Å². The number of nitrogens with one attached hydrogen (secondary N) is 1. The van der Waals surface area contributed by atoms with Gasteiger partial charge in [-0.2, -0.15) is 0 Å². The molecule has 0 aromatic heterocycles. The molecule has 0 aliphatic heterocycles. The van der Waals surface area contributed by atoms with Crippen LogP contribution in [0.3, 0.4) is 0 Å². The summed E-state index contributed by atoms with van der Waals surface area (Å²) in [5.41, 5.74) is 6.97. The van der Waals surface area contributed by atoms with Crippen molar-refractivity contribution in [3.8, 4) is 5.75 Å². The van der Waals surface area contributed by atoms with Gasteiger partial charge in [-0.05, 0) is 31.9 Å².